The molecule has 0 spiro atoms. The number of benzene rings is 1. The van der Waals surface area contributed by atoms with Gasteiger partial charge >= 0.3 is 0 Å². The van der Waals surface area contributed by atoms with Crippen LogP contribution in [0.3, 0.4) is 0 Å². The number of ether oxygens (including phenoxy) is 2. The molecule has 4 nitrogen and oxygen atoms in total. The zero-order valence-electron chi connectivity index (χ0n) is 11.5. The van der Waals surface area contributed by atoms with Crippen molar-refractivity contribution in [3.63, 3.8) is 0 Å². The lowest BCUT2D eigenvalue weighted by Crippen LogP contribution is -2.45. The summed E-state index contributed by atoms with van der Waals surface area (Å²) in [6, 6.07) is 5.56. The number of hydrogen-bond acceptors (Lipinski definition) is 4. The van der Waals surface area contributed by atoms with Crippen molar-refractivity contribution in [2.24, 2.45) is 0 Å². The molecular weight excluding hydrogens is 264 g/mol. The lowest BCUT2D eigenvalue weighted by molar-refractivity contribution is -0.0191. The Balaban J connectivity index is 1.92. The Labute approximate surface area is 119 Å². The Bertz CT molecular complexity index is 414. The molecule has 1 N–H and O–H groups in total. The van der Waals surface area contributed by atoms with Gasteiger partial charge in [0.25, 0.3) is 0 Å². The molecule has 1 unspecified atom stereocenters. The van der Waals surface area contributed by atoms with E-state index >= 15 is 0 Å². The molecule has 1 aromatic carbocycles. The van der Waals surface area contributed by atoms with Gasteiger partial charge in [-0.1, -0.05) is 18.5 Å². The summed E-state index contributed by atoms with van der Waals surface area (Å²) in [4.78, 5) is 2.39. The smallest absolute Gasteiger partial charge is 0.142 e. The summed E-state index contributed by atoms with van der Waals surface area (Å²) in [5, 5.41) is 4.06. The second-order valence-corrected chi connectivity index (χ2v) is 5.05. The molecule has 106 valence electrons. The first-order valence-electron chi connectivity index (χ1n) is 6.64. The van der Waals surface area contributed by atoms with E-state index in [4.69, 9.17) is 21.1 Å². The van der Waals surface area contributed by atoms with Gasteiger partial charge in [0.05, 0.1) is 25.5 Å². The standard InChI is InChI=1S/C14H21ClN2O2/c1-3-17-6-7-19-12(10-17)9-16-13-8-11(15)4-5-14(13)18-2/h4-5,8,12,16H,3,6-7,9-10H2,1-2H3. The van der Waals surface area contributed by atoms with E-state index in [1.165, 1.54) is 0 Å². The molecule has 0 bridgehead atoms. The third-order valence-corrected chi connectivity index (χ3v) is 3.59. The molecule has 1 aliphatic heterocycles. The maximum Gasteiger partial charge on any atom is 0.142 e. The van der Waals surface area contributed by atoms with Crippen molar-refractivity contribution in [2.45, 2.75) is 13.0 Å². The third kappa shape index (κ3) is 4.00. The Kier molecular flexibility index (Phi) is 5.31. The number of hydrogen-bond donors (Lipinski definition) is 1. The number of halogens is 1. The highest BCUT2D eigenvalue weighted by atomic mass is 35.5. The average molecular weight is 285 g/mol. The van der Waals surface area contributed by atoms with Crippen LogP contribution in [0.25, 0.3) is 0 Å². The van der Waals surface area contributed by atoms with Gasteiger partial charge in [0, 0.05) is 24.7 Å². The fourth-order valence-corrected chi connectivity index (χ4v) is 2.41. The molecule has 0 aromatic heterocycles. The largest absolute Gasteiger partial charge is 0.495 e. The third-order valence-electron chi connectivity index (χ3n) is 3.35. The Morgan fingerprint density at radius 3 is 3.11 bits per heavy atom. The molecule has 1 fully saturated rings. The summed E-state index contributed by atoms with van der Waals surface area (Å²) in [5.41, 5.74) is 0.909. The van der Waals surface area contributed by atoms with E-state index in [0.717, 1.165) is 44.2 Å². The minimum Gasteiger partial charge on any atom is -0.495 e. The van der Waals surface area contributed by atoms with Crippen molar-refractivity contribution >= 4 is 17.3 Å². The van der Waals surface area contributed by atoms with E-state index in [9.17, 15) is 0 Å². The van der Waals surface area contributed by atoms with Crippen molar-refractivity contribution in [1.29, 1.82) is 0 Å². The fraction of sp³-hybridized carbons (Fsp3) is 0.571. The first kappa shape index (κ1) is 14.4. The molecule has 5 heteroatoms. The normalized spacial score (nSPS) is 20.3. The highest BCUT2D eigenvalue weighted by Crippen LogP contribution is 2.27. The number of morpholine rings is 1. The summed E-state index contributed by atoms with van der Waals surface area (Å²) < 4.78 is 11.1. The predicted octanol–water partition coefficient (Wildman–Crippen LogP) is 2.48. The lowest BCUT2D eigenvalue weighted by atomic mass is 10.2. The zero-order valence-corrected chi connectivity index (χ0v) is 12.2. The minimum atomic E-state index is 0.206. The van der Waals surface area contributed by atoms with Crippen molar-refractivity contribution in [1.82, 2.24) is 4.90 Å². The molecule has 1 heterocycles. The highest BCUT2D eigenvalue weighted by Gasteiger charge is 2.19. The van der Waals surface area contributed by atoms with Crippen molar-refractivity contribution in [3.8, 4) is 5.75 Å². The van der Waals surface area contributed by atoms with Crippen LogP contribution in [-0.4, -0.2) is 50.9 Å². The molecule has 2 rings (SSSR count). The summed E-state index contributed by atoms with van der Waals surface area (Å²) >= 11 is 6.01. The van der Waals surface area contributed by atoms with Gasteiger partial charge in [-0.2, -0.15) is 0 Å². The average Bonchev–Trinajstić information content (AvgIpc) is 2.45. The zero-order chi connectivity index (χ0) is 13.7. The SMILES string of the molecule is CCN1CCOC(CNc2cc(Cl)ccc2OC)C1. The van der Waals surface area contributed by atoms with E-state index in [1.807, 2.05) is 18.2 Å². The van der Waals surface area contributed by atoms with Crippen LogP contribution in [0.5, 0.6) is 5.75 Å². The molecule has 19 heavy (non-hydrogen) atoms. The fourth-order valence-electron chi connectivity index (χ4n) is 2.23. The monoisotopic (exact) mass is 284 g/mol. The topological polar surface area (TPSA) is 33.7 Å². The number of methoxy groups -OCH3 is 1. The summed E-state index contributed by atoms with van der Waals surface area (Å²) in [7, 11) is 1.66. The van der Waals surface area contributed by atoms with E-state index in [1.54, 1.807) is 7.11 Å². The Morgan fingerprint density at radius 1 is 1.53 bits per heavy atom. The molecule has 0 amide bonds. The van der Waals surface area contributed by atoms with Gasteiger partial charge in [0.15, 0.2) is 0 Å². The Hall–Kier alpha value is -0.970. The number of anilines is 1. The van der Waals surface area contributed by atoms with Gasteiger partial charge < -0.3 is 14.8 Å². The molecule has 1 atom stereocenters. The molecule has 0 aliphatic carbocycles. The van der Waals surface area contributed by atoms with Crippen LogP contribution >= 0.6 is 11.6 Å². The molecule has 1 aromatic rings. The van der Waals surface area contributed by atoms with E-state index < -0.39 is 0 Å². The number of nitrogens with one attached hydrogen (secondary N) is 1. The number of likely N-dealkylation sites (N-methyl/N-ethyl adjacent to an activating group) is 1. The van der Waals surface area contributed by atoms with Crippen molar-refractivity contribution < 1.29 is 9.47 Å². The van der Waals surface area contributed by atoms with E-state index in [-0.39, 0.29) is 6.10 Å². The maximum absolute atomic E-state index is 6.01. The number of nitrogens with zero attached hydrogens (tertiary/aromatic N) is 1. The second-order valence-electron chi connectivity index (χ2n) is 4.61. The van der Waals surface area contributed by atoms with Gasteiger partial charge in [-0.05, 0) is 24.7 Å². The summed E-state index contributed by atoms with van der Waals surface area (Å²) in [6.07, 6.45) is 0.206. The van der Waals surface area contributed by atoms with E-state index in [0.29, 0.717) is 5.02 Å². The van der Waals surface area contributed by atoms with E-state index in [2.05, 4.69) is 17.1 Å². The highest BCUT2D eigenvalue weighted by molar-refractivity contribution is 6.30. The second kappa shape index (κ2) is 6.98. The molecule has 1 saturated heterocycles. The van der Waals surface area contributed by atoms with Crippen LogP contribution in [0.15, 0.2) is 18.2 Å². The van der Waals surface area contributed by atoms with Crippen LogP contribution in [0.2, 0.25) is 5.02 Å². The van der Waals surface area contributed by atoms with Gasteiger partial charge in [-0.15, -0.1) is 0 Å². The van der Waals surface area contributed by atoms with Gasteiger partial charge in [-0.25, -0.2) is 0 Å². The first-order valence-corrected chi connectivity index (χ1v) is 7.02. The van der Waals surface area contributed by atoms with Crippen molar-refractivity contribution in [2.75, 3.05) is 45.2 Å². The van der Waals surface area contributed by atoms with Crippen LogP contribution in [0, 0.1) is 0 Å². The van der Waals surface area contributed by atoms with Gasteiger partial charge in [0.2, 0.25) is 0 Å². The molecule has 0 radical (unpaired) electrons. The van der Waals surface area contributed by atoms with Crippen LogP contribution < -0.4 is 10.1 Å². The summed E-state index contributed by atoms with van der Waals surface area (Å²) in [5.74, 6) is 0.799. The Morgan fingerprint density at radius 2 is 2.37 bits per heavy atom. The van der Waals surface area contributed by atoms with Crippen molar-refractivity contribution in [3.05, 3.63) is 23.2 Å². The molecule has 1 aliphatic rings. The number of rotatable bonds is 5. The molecular formula is C14H21ClN2O2. The lowest BCUT2D eigenvalue weighted by Gasteiger charge is -2.32. The van der Waals surface area contributed by atoms with Crippen LogP contribution in [-0.2, 0) is 4.74 Å². The predicted molar refractivity (Wildman–Crippen MR) is 78.3 cm³/mol. The van der Waals surface area contributed by atoms with Crippen LogP contribution in [0.4, 0.5) is 5.69 Å². The van der Waals surface area contributed by atoms with Crippen LogP contribution in [0.1, 0.15) is 6.92 Å². The van der Waals surface area contributed by atoms with Gasteiger partial charge in [-0.3, -0.25) is 4.90 Å². The van der Waals surface area contributed by atoms with Gasteiger partial charge in [0.1, 0.15) is 5.75 Å². The molecule has 0 saturated carbocycles. The first-order chi connectivity index (χ1) is 9.22. The quantitative estimate of drug-likeness (QED) is 0.901. The minimum absolute atomic E-state index is 0.206. The maximum atomic E-state index is 6.01. The summed E-state index contributed by atoms with van der Waals surface area (Å²) in [6.45, 7) is 6.79.